The Labute approximate surface area is 532 Å². The van der Waals surface area contributed by atoms with Crippen molar-refractivity contribution >= 4 is 11.8 Å². The summed E-state index contributed by atoms with van der Waals surface area (Å²) in [6.45, 7) is -4.09. The normalized spacial score (nSPS) is 51.2. The lowest BCUT2D eigenvalue weighted by molar-refractivity contribution is -0.408. The Morgan fingerprint density at radius 3 is 1.11 bits per heavy atom. The van der Waals surface area contributed by atoms with Gasteiger partial charge >= 0.3 is 0 Å². The maximum atomic E-state index is 12.4. The molecular formula is C52H88N2O40. The van der Waals surface area contributed by atoms with Gasteiger partial charge < -0.3 is 199 Å². The number of amides is 2. The Hall–Kier alpha value is -2.58. The van der Waals surface area contributed by atoms with E-state index in [2.05, 4.69) is 10.6 Å². The second-order valence-corrected chi connectivity index (χ2v) is 23.9. The van der Waals surface area contributed by atoms with E-state index in [4.69, 9.17) is 71.1 Å². The molecule has 0 aliphatic carbocycles. The van der Waals surface area contributed by atoms with Crippen LogP contribution in [0.5, 0.6) is 0 Å². The molecule has 0 spiro atoms. The summed E-state index contributed by atoms with van der Waals surface area (Å²) in [7, 11) is 0. The van der Waals surface area contributed by atoms with Crippen molar-refractivity contribution in [3.63, 3.8) is 0 Å². The van der Waals surface area contributed by atoms with Gasteiger partial charge in [-0.05, 0) is 6.92 Å². The first-order chi connectivity index (χ1) is 44.4. The molecule has 0 aromatic rings. The number of hydrogen-bond acceptors (Lipinski definition) is 40. The molecule has 0 bridgehead atoms. The number of aliphatic hydroxyl groups is 23. The van der Waals surface area contributed by atoms with Crippen molar-refractivity contribution in [2.75, 3.05) is 46.2 Å². The van der Waals surface area contributed by atoms with Gasteiger partial charge in [-0.15, -0.1) is 0 Å². The molecule has 2 amide bonds. The highest BCUT2D eigenvalue weighted by molar-refractivity contribution is 5.73. The molecule has 8 rings (SSSR count). The quantitative estimate of drug-likeness (QED) is 0.0452. The fourth-order valence-electron chi connectivity index (χ4n) is 12.1. The van der Waals surface area contributed by atoms with Crippen LogP contribution in [-0.4, -0.2) is 421 Å². The molecule has 8 heterocycles. The number of carbonyl (C=O) groups excluding carboxylic acids is 2. The van der Waals surface area contributed by atoms with Crippen LogP contribution in [0.4, 0.5) is 0 Å². The molecule has 40 atom stereocenters. The second kappa shape index (κ2) is 33.3. The SMILES string of the molecule is CC(=O)N[C@H]1[C@@H](O[C@H]2[C@@H](O)[C@@H](CO)O[C@@H](OC[C@H]3O[C@@H](O[C@H]4[C@H](O)[C@@H](O)[C@H](O)O[C@@H]4CO)[C@H](O)[C@@H](O[C@@H]4O[C@H](CO)[C@H](O)[C@H](O[C@@H]5O[C@H](CO)[C@H](O)[C@H](O[C@H]6O[C@H](CO)[C@H](O)[C@H](O)[C@H]6NC(C)=O)[C@H]5O[C@@H]5O[C@@H](C)[C@@H](O)[C@@H](O)[C@@H]5O)[C@H]4O)[C@H]3O)[C@@H]2O)O[C@H](CO)[C@H](O)[C@@H]1O. The predicted molar refractivity (Wildman–Crippen MR) is 286 cm³/mol. The summed E-state index contributed by atoms with van der Waals surface area (Å²) >= 11 is 0. The van der Waals surface area contributed by atoms with Gasteiger partial charge in [-0.2, -0.15) is 0 Å². The zero-order chi connectivity index (χ0) is 69.2. The minimum atomic E-state index is -2.48. The highest BCUT2D eigenvalue weighted by Gasteiger charge is 2.60. The fourth-order valence-corrected chi connectivity index (χ4v) is 12.1. The van der Waals surface area contributed by atoms with E-state index in [9.17, 15) is 127 Å². The van der Waals surface area contributed by atoms with Crippen LogP contribution in [0.1, 0.15) is 20.8 Å². The lowest BCUT2D eigenvalue weighted by Crippen LogP contribution is -2.70. The van der Waals surface area contributed by atoms with E-state index >= 15 is 0 Å². The van der Waals surface area contributed by atoms with Crippen molar-refractivity contribution in [1.29, 1.82) is 0 Å². The molecule has 0 radical (unpaired) electrons. The lowest BCUT2D eigenvalue weighted by Gasteiger charge is -2.51. The Morgan fingerprint density at radius 2 is 0.638 bits per heavy atom. The third-order valence-electron chi connectivity index (χ3n) is 17.4. The highest BCUT2D eigenvalue weighted by Crippen LogP contribution is 2.39. The number of ether oxygens (including phenoxy) is 15. The summed E-state index contributed by atoms with van der Waals surface area (Å²) < 4.78 is 87.3. The third kappa shape index (κ3) is 16.4. The molecule has 8 saturated heterocycles. The minimum absolute atomic E-state index is 0.787. The van der Waals surface area contributed by atoms with Gasteiger partial charge in [0.25, 0.3) is 0 Å². The molecule has 546 valence electrons. The van der Waals surface area contributed by atoms with Gasteiger partial charge in [-0.3, -0.25) is 9.59 Å². The Morgan fingerprint density at radius 1 is 0.298 bits per heavy atom. The first-order valence-electron chi connectivity index (χ1n) is 30.0. The third-order valence-corrected chi connectivity index (χ3v) is 17.4. The van der Waals surface area contributed by atoms with Crippen LogP contribution >= 0.6 is 0 Å². The van der Waals surface area contributed by atoms with Gasteiger partial charge in [0.2, 0.25) is 11.8 Å². The van der Waals surface area contributed by atoms with E-state index in [1.165, 1.54) is 6.92 Å². The monoisotopic (exact) mass is 1380 g/mol. The van der Waals surface area contributed by atoms with Gasteiger partial charge in [0, 0.05) is 13.8 Å². The average molecular weight is 1380 g/mol. The van der Waals surface area contributed by atoms with E-state index in [-0.39, 0.29) is 0 Å². The summed E-state index contributed by atoms with van der Waals surface area (Å²) in [5.41, 5.74) is 0. The van der Waals surface area contributed by atoms with E-state index in [1.807, 2.05) is 0 Å². The molecule has 94 heavy (non-hydrogen) atoms. The molecule has 42 heteroatoms. The van der Waals surface area contributed by atoms with Crippen molar-refractivity contribution in [2.24, 2.45) is 0 Å². The molecule has 8 aliphatic heterocycles. The van der Waals surface area contributed by atoms with Gasteiger partial charge in [0.05, 0.1) is 52.4 Å². The summed E-state index contributed by atoms with van der Waals surface area (Å²) in [6, 6.07) is -3.38. The zero-order valence-corrected chi connectivity index (χ0v) is 50.3. The smallest absolute Gasteiger partial charge is 0.217 e. The molecule has 0 aromatic heterocycles. The van der Waals surface area contributed by atoms with E-state index in [0.717, 1.165) is 13.8 Å². The number of nitrogens with one attached hydrogen (secondary N) is 2. The zero-order valence-electron chi connectivity index (χ0n) is 50.3. The van der Waals surface area contributed by atoms with Crippen molar-refractivity contribution < 1.29 is 198 Å². The first kappa shape index (κ1) is 77.2. The summed E-state index contributed by atoms with van der Waals surface area (Å²) in [5, 5.41) is 257. The number of carbonyl (C=O) groups is 2. The number of rotatable bonds is 23. The Balaban J connectivity index is 1.10. The number of hydrogen-bond donors (Lipinski definition) is 25. The standard InChI is InChI=1S/C52H88N2O40/c1-11-23(63)32(72)35(75)49(81-11)94-44-43(93-47-22(54-13(3)62)31(71)25(65)15(5-56)84-47)28(68)18(8-59)87-52(44)92-41-27(67)17(7-58)86-50(37(41)77)91-42-29(69)20(88-51(38(42)78)89-39-19(9-60)82-45(79)34(74)33(39)73)10-80-48-36(76)40(26(66)16(6-57)85-48)90-46-21(53-12(2)61)30(70)24(64)14(4-55)83-46/h11,14-52,55-60,63-79H,4-10H2,1-3H3,(H,53,61)(H,54,62)/t11-,14+,15+,16+,17+,18+,19+,20+,21+,22+,23+,24-,25-,26-,27-,28-,29-,30+,31+,32+,33+,34+,35-,36+,37+,38+,39+,40-,41-,42-,43-,44+,45+,46+,47+,48+,49-,50-,51-,52-/m0/s1. The average Bonchev–Trinajstić information content (AvgIpc) is 0.772. The Bertz CT molecular complexity index is 2370. The van der Waals surface area contributed by atoms with Gasteiger partial charge in [-0.1, -0.05) is 0 Å². The first-order valence-corrected chi connectivity index (χ1v) is 30.0. The summed E-state index contributed by atoms with van der Waals surface area (Å²) in [5.74, 6) is -1.63. The van der Waals surface area contributed by atoms with Crippen molar-refractivity contribution in [3.8, 4) is 0 Å². The van der Waals surface area contributed by atoms with Gasteiger partial charge in [0.15, 0.2) is 50.3 Å². The van der Waals surface area contributed by atoms with Crippen LogP contribution in [0.2, 0.25) is 0 Å². The molecule has 0 unspecified atom stereocenters. The molecule has 8 fully saturated rings. The molecule has 42 nitrogen and oxygen atoms in total. The van der Waals surface area contributed by atoms with Crippen molar-refractivity contribution in [1.82, 2.24) is 10.6 Å². The van der Waals surface area contributed by atoms with E-state index in [0.29, 0.717) is 0 Å². The lowest BCUT2D eigenvalue weighted by atomic mass is 9.94. The van der Waals surface area contributed by atoms with E-state index in [1.54, 1.807) is 0 Å². The highest BCUT2D eigenvalue weighted by atomic mass is 16.8. The fraction of sp³-hybridized carbons (Fsp3) is 0.962. The molecular weight excluding hydrogens is 1290 g/mol. The number of aliphatic hydroxyl groups excluding tert-OH is 23. The maximum absolute atomic E-state index is 12.4. The second-order valence-electron chi connectivity index (χ2n) is 23.9. The molecule has 0 aromatic carbocycles. The van der Waals surface area contributed by atoms with Crippen molar-refractivity contribution in [3.05, 3.63) is 0 Å². The maximum Gasteiger partial charge on any atom is 0.217 e. The van der Waals surface area contributed by atoms with Crippen LogP contribution in [-0.2, 0) is 80.6 Å². The van der Waals surface area contributed by atoms with Crippen LogP contribution in [0.15, 0.2) is 0 Å². The summed E-state index contributed by atoms with van der Waals surface area (Å²) in [6.07, 6.45) is -77.3. The van der Waals surface area contributed by atoms with Crippen LogP contribution in [0.25, 0.3) is 0 Å². The van der Waals surface area contributed by atoms with Crippen LogP contribution in [0, 0.1) is 0 Å². The van der Waals surface area contributed by atoms with Crippen LogP contribution in [0.3, 0.4) is 0 Å². The molecule has 8 aliphatic rings. The molecule has 0 saturated carbocycles. The van der Waals surface area contributed by atoms with Gasteiger partial charge in [0.1, 0.15) is 189 Å². The molecule has 25 N–H and O–H groups in total. The van der Waals surface area contributed by atoms with Gasteiger partial charge in [-0.25, -0.2) is 0 Å². The van der Waals surface area contributed by atoms with Crippen molar-refractivity contribution in [2.45, 2.75) is 266 Å². The topological polar surface area (TPSA) is 662 Å². The summed E-state index contributed by atoms with van der Waals surface area (Å²) in [4.78, 5) is 24.6. The Kier molecular flexibility index (Phi) is 27.3. The van der Waals surface area contributed by atoms with E-state index < -0.39 is 304 Å². The van der Waals surface area contributed by atoms with Crippen LogP contribution < -0.4 is 10.6 Å². The largest absolute Gasteiger partial charge is 0.394 e. The predicted octanol–water partition coefficient (Wildman–Crippen LogP) is -17.1. The minimum Gasteiger partial charge on any atom is -0.394 e.